The highest BCUT2D eigenvalue weighted by atomic mass is 16.2. The van der Waals surface area contributed by atoms with Crippen LogP contribution in [0, 0.1) is 0 Å². The van der Waals surface area contributed by atoms with Crippen LogP contribution in [0.1, 0.15) is 30.3 Å². The Labute approximate surface area is 124 Å². The molecule has 1 unspecified atom stereocenters. The van der Waals surface area contributed by atoms with Gasteiger partial charge in [-0.3, -0.25) is 4.79 Å². The van der Waals surface area contributed by atoms with Gasteiger partial charge in [0.25, 0.3) is 0 Å². The predicted molar refractivity (Wildman–Crippen MR) is 80.7 cm³/mol. The maximum atomic E-state index is 12.2. The summed E-state index contributed by atoms with van der Waals surface area (Å²) in [5.74, 6) is 0.833. The molecule has 1 aromatic carbocycles. The summed E-state index contributed by atoms with van der Waals surface area (Å²) in [7, 11) is 1.94. The summed E-state index contributed by atoms with van der Waals surface area (Å²) < 4.78 is 1.94. The maximum absolute atomic E-state index is 12.2. The largest absolute Gasteiger partial charge is 0.341 e. The molecule has 0 aliphatic heterocycles. The molecule has 21 heavy (non-hydrogen) atoms. The summed E-state index contributed by atoms with van der Waals surface area (Å²) in [5, 5.41) is 6.31. The molecule has 1 heterocycles. The zero-order valence-electron chi connectivity index (χ0n) is 12.1. The van der Waals surface area contributed by atoms with Crippen LogP contribution < -0.4 is 10.6 Å². The molecule has 5 heteroatoms. The molecule has 1 aromatic heterocycles. The zero-order valence-corrected chi connectivity index (χ0v) is 12.1. The van der Waals surface area contributed by atoms with E-state index in [2.05, 4.69) is 15.6 Å². The van der Waals surface area contributed by atoms with E-state index in [9.17, 15) is 4.79 Å². The second kappa shape index (κ2) is 6.10. The fraction of sp³-hybridized carbons (Fsp3) is 0.375. The number of carbonyl (C=O) groups is 1. The first kappa shape index (κ1) is 13.8. The Hall–Kier alpha value is -2.14. The number of imidazole rings is 1. The molecule has 0 spiro atoms. The van der Waals surface area contributed by atoms with E-state index in [1.54, 1.807) is 6.20 Å². The molecule has 5 nitrogen and oxygen atoms in total. The summed E-state index contributed by atoms with van der Waals surface area (Å²) in [6.07, 6.45) is 5.99. The molecule has 1 aliphatic carbocycles. The van der Waals surface area contributed by atoms with Crippen LogP contribution in [0.2, 0.25) is 0 Å². The van der Waals surface area contributed by atoms with Crippen LogP contribution in [0.25, 0.3) is 0 Å². The van der Waals surface area contributed by atoms with Crippen LogP contribution in [0.15, 0.2) is 42.7 Å². The molecule has 2 aromatic rings. The quantitative estimate of drug-likeness (QED) is 0.842. The van der Waals surface area contributed by atoms with Gasteiger partial charge in [-0.25, -0.2) is 4.98 Å². The fourth-order valence-corrected chi connectivity index (χ4v) is 2.33. The van der Waals surface area contributed by atoms with Gasteiger partial charge in [-0.15, -0.1) is 0 Å². The second-order valence-corrected chi connectivity index (χ2v) is 5.46. The van der Waals surface area contributed by atoms with Crippen molar-refractivity contribution in [3.8, 4) is 0 Å². The summed E-state index contributed by atoms with van der Waals surface area (Å²) in [6.45, 7) is 0.360. The molecule has 0 radical (unpaired) electrons. The Morgan fingerprint density at radius 1 is 1.38 bits per heavy atom. The van der Waals surface area contributed by atoms with Gasteiger partial charge in [-0.2, -0.15) is 0 Å². The molecule has 110 valence electrons. The van der Waals surface area contributed by atoms with Crippen LogP contribution in [-0.2, 0) is 11.8 Å². The number of carbonyl (C=O) groups excluding carboxylic acids is 1. The van der Waals surface area contributed by atoms with Crippen LogP contribution in [0.3, 0.4) is 0 Å². The Balaban J connectivity index is 1.75. The molecule has 1 amide bonds. The number of nitrogens with zero attached hydrogens (tertiary/aromatic N) is 2. The van der Waals surface area contributed by atoms with Gasteiger partial charge >= 0.3 is 0 Å². The van der Waals surface area contributed by atoms with Crippen LogP contribution in [0.5, 0.6) is 0 Å². The average Bonchev–Trinajstić information content (AvgIpc) is 3.24. The van der Waals surface area contributed by atoms with E-state index in [-0.39, 0.29) is 11.9 Å². The van der Waals surface area contributed by atoms with Crippen molar-refractivity contribution in [3.63, 3.8) is 0 Å². The molecule has 1 aliphatic rings. The molecular weight excluding hydrogens is 264 g/mol. The lowest BCUT2D eigenvalue weighted by atomic mass is 10.1. The fourth-order valence-electron chi connectivity index (χ4n) is 2.33. The highest BCUT2D eigenvalue weighted by Crippen LogP contribution is 2.20. The first-order chi connectivity index (χ1) is 10.2. The van der Waals surface area contributed by atoms with E-state index in [0.29, 0.717) is 12.6 Å². The van der Waals surface area contributed by atoms with E-state index >= 15 is 0 Å². The van der Waals surface area contributed by atoms with Crippen molar-refractivity contribution in [2.75, 3.05) is 6.54 Å². The number of nitrogens with one attached hydrogen (secondary N) is 2. The van der Waals surface area contributed by atoms with Crippen molar-refractivity contribution in [1.82, 2.24) is 20.2 Å². The van der Waals surface area contributed by atoms with Gasteiger partial charge in [0.05, 0.1) is 6.54 Å². The van der Waals surface area contributed by atoms with E-state index in [1.807, 2.05) is 48.1 Å². The van der Waals surface area contributed by atoms with Crippen molar-refractivity contribution in [2.45, 2.75) is 24.9 Å². The predicted octanol–water partition coefficient (Wildman–Crippen LogP) is 1.38. The molecule has 1 fully saturated rings. The molecule has 1 atom stereocenters. The molecular formula is C16H20N4O. The Kier molecular flexibility index (Phi) is 4.01. The van der Waals surface area contributed by atoms with Gasteiger partial charge in [0.1, 0.15) is 11.9 Å². The minimum atomic E-state index is -0.222. The number of rotatable bonds is 6. The molecule has 3 rings (SSSR count). The number of hydrogen-bond donors (Lipinski definition) is 2. The average molecular weight is 284 g/mol. The number of aromatic nitrogens is 2. The molecule has 0 saturated heterocycles. The van der Waals surface area contributed by atoms with Gasteiger partial charge in [-0.1, -0.05) is 30.3 Å². The van der Waals surface area contributed by atoms with Crippen molar-refractivity contribution >= 4 is 5.91 Å². The first-order valence-corrected chi connectivity index (χ1v) is 7.29. The molecule has 1 saturated carbocycles. The van der Waals surface area contributed by atoms with Gasteiger partial charge < -0.3 is 15.2 Å². The van der Waals surface area contributed by atoms with Crippen molar-refractivity contribution < 1.29 is 4.79 Å². The summed E-state index contributed by atoms with van der Waals surface area (Å²) in [5.41, 5.74) is 1.03. The second-order valence-electron chi connectivity index (χ2n) is 5.46. The van der Waals surface area contributed by atoms with E-state index in [4.69, 9.17) is 0 Å². The Morgan fingerprint density at radius 3 is 2.76 bits per heavy atom. The Bertz CT molecular complexity index is 604. The number of hydrogen-bond acceptors (Lipinski definition) is 3. The topological polar surface area (TPSA) is 59.0 Å². The zero-order chi connectivity index (χ0) is 14.7. The van der Waals surface area contributed by atoms with Crippen LogP contribution >= 0.6 is 0 Å². The van der Waals surface area contributed by atoms with Crippen molar-refractivity contribution in [3.05, 3.63) is 54.1 Å². The lowest BCUT2D eigenvalue weighted by Gasteiger charge is -2.19. The lowest BCUT2D eigenvalue weighted by Crippen LogP contribution is -2.38. The van der Waals surface area contributed by atoms with Gasteiger partial charge in [0.15, 0.2) is 0 Å². The smallest absolute Gasteiger partial charge is 0.234 e. The molecule has 0 bridgehead atoms. The maximum Gasteiger partial charge on any atom is 0.234 e. The minimum Gasteiger partial charge on any atom is -0.341 e. The summed E-state index contributed by atoms with van der Waals surface area (Å²) in [6, 6.07) is 10.2. The standard InChI is InChI=1S/C16H20N4O/c1-20-10-9-17-16(20)15(12-5-3-2-4-6-12)19-14(21)11-18-13-7-8-13/h2-6,9-10,13,15,18H,7-8,11H2,1H3,(H,19,21). The number of benzene rings is 1. The number of aryl methyl sites for hydroxylation is 1. The van der Waals surface area contributed by atoms with Gasteiger partial charge in [0, 0.05) is 25.5 Å². The van der Waals surface area contributed by atoms with Crippen LogP contribution in [-0.4, -0.2) is 28.0 Å². The van der Waals surface area contributed by atoms with Crippen LogP contribution in [0.4, 0.5) is 0 Å². The Morgan fingerprint density at radius 2 is 2.14 bits per heavy atom. The monoisotopic (exact) mass is 284 g/mol. The third-order valence-electron chi connectivity index (χ3n) is 3.68. The van der Waals surface area contributed by atoms with E-state index in [0.717, 1.165) is 11.4 Å². The van der Waals surface area contributed by atoms with E-state index in [1.165, 1.54) is 12.8 Å². The minimum absolute atomic E-state index is 0.00115. The summed E-state index contributed by atoms with van der Waals surface area (Å²) in [4.78, 5) is 16.5. The molecule has 2 N–H and O–H groups in total. The lowest BCUT2D eigenvalue weighted by molar-refractivity contribution is -0.120. The van der Waals surface area contributed by atoms with Gasteiger partial charge in [0.2, 0.25) is 5.91 Å². The number of amides is 1. The van der Waals surface area contributed by atoms with Crippen molar-refractivity contribution in [1.29, 1.82) is 0 Å². The van der Waals surface area contributed by atoms with Gasteiger partial charge in [-0.05, 0) is 18.4 Å². The summed E-state index contributed by atoms with van der Waals surface area (Å²) >= 11 is 0. The highest BCUT2D eigenvalue weighted by molar-refractivity contribution is 5.79. The van der Waals surface area contributed by atoms with E-state index < -0.39 is 0 Å². The third kappa shape index (κ3) is 3.49. The highest BCUT2D eigenvalue weighted by Gasteiger charge is 2.23. The third-order valence-corrected chi connectivity index (χ3v) is 3.68. The SMILES string of the molecule is Cn1ccnc1C(NC(=O)CNC1CC1)c1ccccc1. The first-order valence-electron chi connectivity index (χ1n) is 7.29. The normalized spacial score (nSPS) is 15.7. The van der Waals surface area contributed by atoms with Crippen molar-refractivity contribution in [2.24, 2.45) is 7.05 Å².